The molecule has 1 aliphatic heterocycles. The minimum absolute atomic E-state index is 0.0147. The second-order valence-electron chi connectivity index (χ2n) is 7.75. The summed E-state index contributed by atoms with van der Waals surface area (Å²) in [4.78, 5) is 25.3. The Kier molecular flexibility index (Phi) is 4.88. The Bertz CT molecular complexity index is 1180. The van der Waals surface area contributed by atoms with Gasteiger partial charge in [0.05, 0.1) is 15.0 Å². The Morgan fingerprint density at radius 3 is 2.53 bits per heavy atom. The number of carbonyl (C=O) groups is 1. The first-order valence-corrected chi connectivity index (χ1v) is 9.77. The molecule has 156 valence electrons. The maximum atomic E-state index is 11.7. The minimum atomic E-state index is -0.959. The first-order valence-electron chi connectivity index (χ1n) is 9.02. The van der Waals surface area contributed by atoms with Crippen molar-refractivity contribution in [2.24, 2.45) is 0 Å². The molecule has 0 saturated carbocycles. The van der Waals surface area contributed by atoms with E-state index in [0.29, 0.717) is 18.0 Å². The molecule has 8 nitrogen and oxygen atoms in total. The highest BCUT2D eigenvalue weighted by Gasteiger charge is 2.38. The molecule has 0 aliphatic carbocycles. The van der Waals surface area contributed by atoms with Crippen LogP contribution in [0.5, 0.6) is 11.5 Å². The molecule has 0 saturated heterocycles. The fourth-order valence-electron chi connectivity index (χ4n) is 3.83. The lowest BCUT2D eigenvalue weighted by Gasteiger charge is -2.34. The number of hydrogen-bond donors (Lipinski definition) is 3. The number of nitro benzene ring substituents is 1. The summed E-state index contributed by atoms with van der Waals surface area (Å²) in [6.07, 6.45) is 0. The molecule has 0 fully saturated rings. The summed E-state index contributed by atoms with van der Waals surface area (Å²) in [7, 11) is 0. The van der Waals surface area contributed by atoms with Crippen LogP contribution in [0.4, 0.5) is 5.69 Å². The van der Waals surface area contributed by atoms with Gasteiger partial charge in [0.25, 0.3) is 5.69 Å². The third-order valence-electron chi connectivity index (χ3n) is 5.17. The summed E-state index contributed by atoms with van der Waals surface area (Å²) in [5.74, 6) is -0.431. The number of fused-ring (bicyclic) bond motifs is 3. The number of aliphatic carboxylic acids is 1. The zero-order valence-corrected chi connectivity index (χ0v) is 17.5. The number of nitrogens with zero attached hydrogens (tertiary/aromatic N) is 1. The quantitative estimate of drug-likeness (QED) is 0.372. The zero-order chi connectivity index (χ0) is 21.8. The predicted octanol–water partition coefficient (Wildman–Crippen LogP) is 5.18. The van der Waals surface area contributed by atoms with E-state index < -0.39 is 16.9 Å². The Morgan fingerprint density at radius 1 is 1.27 bits per heavy atom. The molecule has 1 aliphatic rings. The maximum Gasteiger partial charge on any atom is 0.326 e. The van der Waals surface area contributed by atoms with Crippen molar-refractivity contribution in [3.63, 3.8) is 0 Å². The number of nitro groups is 1. The van der Waals surface area contributed by atoms with E-state index in [1.165, 1.54) is 12.1 Å². The minimum Gasteiger partial charge on any atom is -0.480 e. The molecule has 0 radical (unpaired) electrons. The van der Waals surface area contributed by atoms with Gasteiger partial charge in [-0.15, -0.1) is 0 Å². The van der Waals surface area contributed by atoms with Crippen LogP contribution >= 0.6 is 23.2 Å². The van der Waals surface area contributed by atoms with E-state index in [1.807, 2.05) is 13.8 Å². The highest BCUT2D eigenvalue weighted by atomic mass is 35.5. The lowest BCUT2D eigenvalue weighted by Crippen LogP contribution is -2.44. The van der Waals surface area contributed by atoms with Crippen molar-refractivity contribution in [3.8, 4) is 11.5 Å². The SMILES string of the molecule is CC1(C)CNC(C(=O)O)c2[nH]c3ccc(Oc4c(Cl)cc([N+](=O)[O-])cc4Cl)cc3c21. The van der Waals surface area contributed by atoms with Crippen LogP contribution in [0.1, 0.15) is 31.1 Å². The molecule has 30 heavy (non-hydrogen) atoms. The van der Waals surface area contributed by atoms with Crippen molar-refractivity contribution in [1.82, 2.24) is 10.3 Å². The summed E-state index contributed by atoms with van der Waals surface area (Å²) in [6.45, 7) is 4.55. The normalized spacial score (nSPS) is 17.5. The Balaban J connectivity index is 1.80. The van der Waals surface area contributed by atoms with Crippen molar-refractivity contribution in [1.29, 1.82) is 0 Å². The number of carboxylic acids is 1. The van der Waals surface area contributed by atoms with E-state index in [2.05, 4.69) is 10.3 Å². The van der Waals surface area contributed by atoms with Crippen LogP contribution in [-0.4, -0.2) is 27.5 Å². The molecule has 2 heterocycles. The topological polar surface area (TPSA) is 117 Å². The van der Waals surface area contributed by atoms with Gasteiger partial charge in [0.1, 0.15) is 11.8 Å². The molecule has 2 aromatic carbocycles. The molecule has 4 rings (SSSR count). The van der Waals surface area contributed by atoms with E-state index in [9.17, 15) is 20.0 Å². The Labute approximate surface area is 180 Å². The average molecular weight is 450 g/mol. The van der Waals surface area contributed by atoms with Crippen LogP contribution in [0.25, 0.3) is 10.9 Å². The van der Waals surface area contributed by atoms with Gasteiger partial charge in [-0.25, -0.2) is 0 Å². The van der Waals surface area contributed by atoms with Crippen LogP contribution in [-0.2, 0) is 10.2 Å². The molecule has 1 unspecified atom stereocenters. The standard InChI is InChI=1S/C20H17Cl2N3O5/c1-20(2)8-23-17(19(26)27)16-15(20)11-7-10(3-4-14(11)24-16)30-18-12(21)5-9(25(28)29)6-13(18)22/h3-7,17,23-24H,8H2,1-2H3,(H,26,27). The average Bonchev–Trinajstić information content (AvgIpc) is 3.04. The number of H-pyrrole nitrogens is 1. The van der Waals surface area contributed by atoms with Crippen molar-refractivity contribution in [3.05, 3.63) is 61.7 Å². The summed E-state index contributed by atoms with van der Waals surface area (Å²) >= 11 is 12.3. The van der Waals surface area contributed by atoms with E-state index in [-0.39, 0.29) is 26.9 Å². The molecule has 3 N–H and O–H groups in total. The van der Waals surface area contributed by atoms with Crippen molar-refractivity contribution in [2.75, 3.05) is 6.54 Å². The van der Waals surface area contributed by atoms with E-state index in [4.69, 9.17) is 27.9 Å². The van der Waals surface area contributed by atoms with Gasteiger partial charge in [-0.3, -0.25) is 20.2 Å². The zero-order valence-electron chi connectivity index (χ0n) is 16.0. The Hall–Kier alpha value is -2.81. The summed E-state index contributed by atoms with van der Waals surface area (Å²) < 4.78 is 5.85. The number of hydrogen-bond acceptors (Lipinski definition) is 5. The number of nitrogens with one attached hydrogen (secondary N) is 2. The van der Waals surface area contributed by atoms with Crippen LogP contribution in [0.2, 0.25) is 10.0 Å². The number of non-ortho nitro benzene ring substituents is 1. The van der Waals surface area contributed by atoms with Crippen molar-refractivity contribution in [2.45, 2.75) is 25.3 Å². The van der Waals surface area contributed by atoms with Gasteiger partial charge >= 0.3 is 5.97 Å². The summed E-state index contributed by atoms with van der Waals surface area (Å²) in [5, 5.41) is 24.4. The number of ether oxygens (including phenoxy) is 1. The number of benzene rings is 2. The number of aromatic nitrogens is 1. The van der Waals surface area contributed by atoms with Gasteiger partial charge in [0.2, 0.25) is 0 Å². The molecule has 3 aromatic rings. The van der Waals surface area contributed by atoms with E-state index in [0.717, 1.165) is 16.5 Å². The third-order valence-corrected chi connectivity index (χ3v) is 5.73. The molecule has 0 bridgehead atoms. The molecule has 1 atom stereocenters. The molecular weight excluding hydrogens is 433 g/mol. The summed E-state index contributed by atoms with van der Waals surface area (Å²) in [5.41, 5.74) is 1.73. The van der Waals surface area contributed by atoms with Crippen LogP contribution in [0.3, 0.4) is 0 Å². The van der Waals surface area contributed by atoms with Gasteiger partial charge in [-0.05, 0) is 23.8 Å². The second kappa shape index (κ2) is 7.16. The maximum absolute atomic E-state index is 11.7. The van der Waals surface area contributed by atoms with Gasteiger partial charge in [0.15, 0.2) is 5.75 Å². The number of halogens is 2. The van der Waals surface area contributed by atoms with Gasteiger partial charge in [0, 0.05) is 40.7 Å². The predicted molar refractivity (Wildman–Crippen MR) is 113 cm³/mol. The van der Waals surface area contributed by atoms with Crippen molar-refractivity contribution < 1.29 is 19.6 Å². The Morgan fingerprint density at radius 2 is 1.93 bits per heavy atom. The van der Waals surface area contributed by atoms with Crippen LogP contribution in [0.15, 0.2) is 30.3 Å². The molecule has 10 heteroatoms. The van der Waals surface area contributed by atoms with Gasteiger partial charge < -0.3 is 14.8 Å². The molecule has 1 aromatic heterocycles. The monoisotopic (exact) mass is 449 g/mol. The van der Waals surface area contributed by atoms with Crippen LogP contribution < -0.4 is 10.1 Å². The second-order valence-corrected chi connectivity index (χ2v) is 8.57. The largest absolute Gasteiger partial charge is 0.480 e. The third kappa shape index (κ3) is 3.36. The van der Waals surface area contributed by atoms with E-state index in [1.54, 1.807) is 18.2 Å². The molecule has 0 amide bonds. The number of rotatable bonds is 4. The lowest BCUT2D eigenvalue weighted by atomic mass is 9.78. The molecular formula is C20H17Cl2N3O5. The number of carboxylic acid groups (broad SMARTS) is 1. The van der Waals surface area contributed by atoms with E-state index >= 15 is 0 Å². The fourth-order valence-corrected chi connectivity index (χ4v) is 4.38. The smallest absolute Gasteiger partial charge is 0.326 e. The first kappa shape index (κ1) is 20.5. The van der Waals surface area contributed by atoms with Gasteiger partial charge in [-0.1, -0.05) is 37.0 Å². The number of aromatic amines is 1. The van der Waals surface area contributed by atoms with Crippen LogP contribution in [0, 0.1) is 10.1 Å². The molecule has 0 spiro atoms. The highest BCUT2D eigenvalue weighted by Crippen LogP contribution is 2.43. The van der Waals surface area contributed by atoms with Gasteiger partial charge in [-0.2, -0.15) is 0 Å². The first-order chi connectivity index (χ1) is 14.1. The summed E-state index contributed by atoms with van der Waals surface area (Å²) in [6, 6.07) is 6.77. The fraction of sp³-hybridized carbons (Fsp3) is 0.250. The van der Waals surface area contributed by atoms with Crippen molar-refractivity contribution >= 4 is 45.8 Å². The highest BCUT2D eigenvalue weighted by molar-refractivity contribution is 6.37. The lowest BCUT2D eigenvalue weighted by molar-refractivity contribution is -0.384.